The number of rotatable bonds is 6. The lowest BCUT2D eigenvalue weighted by molar-refractivity contribution is 0.660. The molecule has 0 saturated carbocycles. The first-order chi connectivity index (χ1) is 29.5. The summed E-state index contributed by atoms with van der Waals surface area (Å²) in [5.74, 6) is 0. The molecule has 9 aromatic carbocycles. The Kier molecular flexibility index (Phi) is 7.58. The van der Waals surface area contributed by atoms with Gasteiger partial charge in [0.05, 0.1) is 11.0 Å². The van der Waals surface area contributed by atoms with E-state index in [2.05, 4.69) is 217 Å². The Bertz CT molecular complexity index is 3390. The van der Waals surface area contributed by atoms with Crippen molar-refractivity contribution in [2.75, 3.05) is 4.90 Å². The number of hydrogen-bond donors (Lipinski definition) is 0. The van der Waals surface area contributed by atoms with E-state index in [4.69, 9.17) is 4.42 Å². The summed E-state index contributed by atoms with van der Waals surface area (Å²) >= 11 is 0. The molecule has 0 fully saturated rings. The van der Waals surface area contributed by atoms with Crippen molar-refractivity contribution in [3.05, 3.63) is 217 Å². The number of fused-ring (bicyclic) bond motifs is 9. The lowest BCUT2D eigenvalue weighted by Gasteiger charge is -2.28. The molecule has 0 unspecified atom stereocenters. The van der Waals surface area contributed by atoms with Crippen molar-refractivity contribution in [3.8, 4) is 39.1 Å². The quantitative estimate of drug-likeness (QED) is 0.168. The van der Waals surface area contributed by atoms with Crippen molar-refractivity contribution < 1.29 is 4.42 Å². The maximum absolute atomic E-state index is 6.14. The Morgan fingerprint density at radius 2 is 0.883 bits per heavy atom. The Morgan fingerprint density at radius 3 is 1.57 bits per heavy atom. The zero-order valence-corrected chi connectivity index (χ0v) is 33.4. The fourth-order valence-corrected chi connectivity index (χ4v) is 9.79. The van der Waals surface area contributed by atoms with E-state index in [1.807, 2.05) is 12.1 Å². The molecule has 3 nitrogen and oxygen atoms in total. The van der Waals surface area contributed by atoms with E-state index in [1.54, 1.807) is 0 Å². The highest BCUT2D eigenvalue weighted by molar-refractivity contribution is 6.09. The van der Waals surface area contributed by atoms with Crippen molar-refractivity contribution in [1.82, 2.24) is 4.57 Å². The normalized spacial score (nSPS) is 13.0. The van der Waals surface area contributed by atoms with Crippen LogP contribution in [0.15, 0.2) is 211 Å². The van der Waals surface area contributed by atoms with Gasteiger partial charge in [0, 0.05) is 49.7 Å². The van der Waals surface area contributed by atoms with Gasteiger partial charge in [-0.15, -0.1) is 0 Å². The summed E-state index contributed by atoms with van der Waals surface area (Å²) in [5, 5.41) is 4.82. The van der Waals surface area contributed by atoms with Crippen molar-refractivity contribution in [1.29, 1.82) is 0 Å². The summed E-state index contributed by atoms with van der Waals surface area (Å²) in [6.45, 7) is 4.70. The second kappa shape index (κ2) is 13.2. The van der Waals surface area contributed by atoms with Crippen LogP contribution in [0, 0.1) is 0 Å². The molecule has 0 N–H and O–H groups in total. The van der Waals surface area contributed by atoms with Crippen molar-refractivity contribution in [2.45, 2.75) is 19.3 Å². The Balaban J connectivity index is 0.920. The second-order valence-electron chi connectivity index (χ2n) is 16.6. The maximum Gasteiger partial charge on any atom is 0.135 e. The van der Waals surface area contributed by atoms with Crippen molar-refractivity contribution >= 4 is 60.8 Å². The zero-order chi connectivity index (χ0) is 40.0. The first-order valence-corrected chi connectivity index (χ1v) is 20.7. The first-order valence-electron chi connectivity index (χ1n) is 20.7. The minimum Gasteiger partial charge on any atom is -0.456 e. The maximum atomic E-state index is 6.14. The molecule has 12 rings (SSSR count). The van der Waals surface area contributed by atoms with E-state index in [0.29, 0.717) is 0 Å². The monoisotopic (exact) mass is 768 g/mol. The van der Waals surface area contributed by atoms with Gasteiger partial charge in [-0.05, 0) is 123 Å². The number of furan rings is 1. The minimum absolute atomic E-state index is 0.109. The summed E-state index contributed by atoms with van der Waals surface area (Å²) in [7, 11) is 0. The third kappa shape index (κ3) is 5.29. The molecule has 0 spiro atoms. The minimum atomic E-state index is -0.109. The van der Waals surface area contributed by atoms with Crippen LogP contribution in [0.2, 0.25) is 0 Å². The van der Waals surface area contributed by atoms with E-state index in [0.717, 1.165) is 55.8 Å². The molecule has 0 bridgehead atoms. The highest BCUT2D eigenvalue weighted by Gasteiger charge is 2.35. The molecule has 0 atom stereocenters. The molecule has 3 heteroatoms. The van der Waals surface area contributed by atoms with E-state index in [1.165, 1.54) is 55.2 Å². The molecular weight excluding hydrogens is 729 g/mol. The number of nitrogens with zero attached hydrogens (tertiary/aromatic N) is 2. The molecule has 2 heterocycles. The molecule has 0 aliphatic heterocycles. The Morgan fingerprint density at radius 1 is 0.383 bits per heavy atom. The first kappa shape index (κ1) is 34.4. The van der Waals surface area contributed by atoms with Crippen LogP contribution in [0.4, 0.5) is 17.1 Å². The molecule has 1 aliphatic carbocycles. The van der Waals surface area contributed by atoms with E-state index in [9.17, 15) is 0 Å². The van der Waals surface area contributed by atoms with Gasteiger partial charge >= 0.3 is 0 Å². The van der Waals surface area contributed by atoms with Gasteiger partial charge in [-0.3, -0.25) is 0 Å². The number of para-hydroxylation sites is 3. The molecule has 11 aromatic rings. The third-order valence-electron chi connectivity index (χ3n) is 12.8. The highest BCUT2D eigenvalue weighted by atomic mass is 16.3. The third-order valence-corrected chi connectivity index (χ3v) is 12.8. The van der Waals surface area contributed by atoms with Crippen LogP contribution in [0.1, 0.15) is 25.0 Å². The topological polar surface area (TPSA) is 21.3 Å². The molecule has 2 aromatic heterocycles. The van der Waals surface area contributed by atoms with Crippen LogP contribution in [0.3, 0.4) is 0 Å². The summed E-state index contributed by atoms with van der Waals surface area (Å²) in [6, 6.07) is 75.0. The van der Waals surface area contributed by atoms with Crippen LogP contribution in [-0.4, -0.2) is 4.57 Å². The van der Waals surface area contributed by atoms with Crippen LogP contribution in [-0.2, 0) is 5.41 Å². The lowest BCUT2D eigenvalue weighted by Crippen LogP contribution is -2.16. The Hall–Kier alpha value is -7.62. The van der Waals surface area contributed by atoms with Gasteiger partial charge in [0.2, 0.25) is 0 Å². The standard InChI is InChI=1S/C57H40N2O/c1-57(2)51-15-7-3-11-45(51)46-33-32-44(36-52(46)57)58(42-28-23-39(24-29-42)40-25-34-56-50(35-40)49-14-6-10-18-55(49)60-56)41-26-19-37(20-27-41)38-21-30-43(31-22-38)59-53-16-8-4-12-47(53)48-13-5-9-17-54(48)59/h3-36H,1-2H3. The predicted molar refractivity (Wildman–Crippen MR) is 251 cm³/mol. The highest BCUT2D eigenvalue weighted by Crippen LogP contribution is 2.51. The number of hydrogen-bond acceptors (Lipinski definition) is 2. The molecule has 0 amide bonds. The van der Waals surface area contributed by atoms with Gasteiger partial charge in [0.1, 0.15) is 11.2 Å². The molecule has 0 saturated heterocycles. The number of benzene rings is 9. The summed E-state index contributed by atoms with van der Waals surface area (Å²) in [4.78, 5) is 2.39. The molecule has 60 heavy (non-hydrogen) atoms. The average Bonchev–Trinajstić information content (AvgIpc) is 3.92. The SMILES string of the molecule is CC1(C)c2ccccc2-c2ccc(N(c3ccc(-c4ccc(-n5c6ccccc6c6ccccc65)cc4)cc3)c3ccc(-c4ccc5oc6ccccc6c5c4)cc3)cc21. The van der Waals surface area contributed by atoms with Gasteiger partial charge in [-0.25, -0.2) is 0 Å². The van der Waals surface area contributed by atoms with Gasteiger partial charge in [0.15, 0.2) is 0 Å². The number of aromatic nitrogens is 1. The van der Waals surface area contributed by atoms with E-state index < -0.39 is 0 Å². The second-order valence-corrected chi connectivity index (χ2v) is 16.6. The van der Waals surface area contributed by atoms with Gasteiger partial charge < -0.3 is 13.9 Å². The van der Waals surface area contributed by atoms with E-state index in [-0.39, 0.29) is 5.41 Å². The Labute approximate surface area is 349 Å². The predicted octanol–water partition coefficient (Wildman–Crippen LogP) is 15.8. The summed E-state index contributed by atoms with van der Waals surface area (Å²) in [5.41, 5.74) is 18.7. The fourth-order valence-electron chi connectivity index (χ4n) is 9.79. The van der Waals surface area contributed by atoms with Crippen LogP contribution in [0.25, 0.3) is 82.8 Å². The number of anilines is 3. The van der Waals surface area contributed by atoms with E-state index >= 15 is 0 Å². The van der Waals surface area contributed by atoms with Gasteiger partial charge in [0.25, 0.3) is 0 Å². The summed E-state index contributed by atoms with van der Waals surface area (Å²) < 4.78 is 8.51. The lowest BCUT2D eigenvalue weighted by atomic mass is 9.82. The summed E-state index contributed by atoms with van der Waals surface area (Å²) in [6.07, 6.45) is 0. The van der Waals surface area contributed by atoms with Crippen LogP contribution < -0.4 is 4.90 Å². The zero-order valence-electron chi connectivity index (χ0n) is 33.4. The van der Waals surface area contributed by atoms with Gasteiger partial charge in [-0.1, -0.05) is 141 Å². The van der Waals surface area contributed by atoms with Crippen molar-refractivity contribution in [3.63, 3.8) is 0 Å². The smallest absolute Gasteiger partial charge is 0.135 e. The molecule has 1 aliphatic rings. The fraction of sp³-hybridized carbons (Fsp3) is 0.0526. The molecule has 0 radical (unpaired) electrons. The van der Waals surface area contributed by atoms with Crippen LogP contribution in [0.5, 0.6) is 0 Å². The largest absolute Gasteiger partial charge is 0.456 e. The van der Waals surface area contributed by atoms with Crippen molar-refractivity contribution in [2.24, 2.45) is 0 Å². The van der Waals surface area contributed by atoms with Gasteiger partial charge in [-0.2, -0.15) is 0 Å². The van der Waals surface area contributed by atoms with Crippen LogP contribution >= 0.6 is 0 Å². The molecular formula is C57H40N2O. The molecule has 284 valence electrons. The average molecular weight is 769 g/mol.